The largest absolute Gasteiger partial charge is 0.490 e. The van der Waals surface area contributed by atoms with Gasteiger partial charge in [-0.2, -0.15) is 0 Å². The molecule has 0 aliphatic heterocycles. The Hall–Kier alpha value is -2.44. The van der Waals surface area contributed by atoms with E-state index in [1.54, 1.807) is 30.5 Å². The van der Waals surface area contributed by atoms with Gasteiger partial charge in [0.2, 0.25) is 6.21 Å². The molecule has 2 aromatic carbocycles. The van der Waals surface area contributed by atoms with Gasteiger partial charge in [-0.1, -0.05) is 29.3 Å². The van der Waals surface area contributed by atoms with Gasteiger partial charge < -0.3 is 20.9 Å². The first kappa shape index (κ1) is 18.9. The topological polar surface area (TPSA) is 96.8 Å². The Labute approximate surface area is 156 Å². The minimum absolute atomic E-state index is 0.0575. The monoisotopic (exact) mass is 381 g/mol. The van der Waals surface area contributed by atoms with E-state index in [4.69, 9.17) is 44.1 Å². The second-order valence-electron chi connectivity index (χ2n) is 4.94. The molecule has 2 rings (SSSR count). The number of hydrogen-bond acceptors (Lipinski definition) is 3. The number of halogens is 2. The molecule has 25 heavy (non-hydrogen) atoms. The molecule has 0 radical (unpaired) electrons. The summed E-state index contributed by atoms with van der Waals surface area (Å²) in [5.41, 5.74) is 12.0. The molecule has 0 heterocycles. The number of hydrogen-bond donors (Lipinski definition) is 3. The van der Waals surface area contributed by atoms with Crippen LogP contribution >= 0.6 is 23.2 Å². The summed E-state index contributed by atoms with van der Waals surface area (Å²) in [5.74, 6) is 1.11. The van der Waals surface area contributed by atoms with Crippen molar-refractivity contribution in [3.05, 3.63) is 57.6 Å². The number of nitrogens with two attached hydrogens (primary N) is 2. The molecule has 2 aromatic rings. The zero-order valence-corrected chi connectivity index (χ0v) is 15.1. The fourth-order valence-electron chi connectivity index (χ4n) is 2.00. The van der Waals surface area contributed by atoms with Crippen molar-refractivity contribution in [1.29, 1.82) is 0 Å². The van der Waals surface area contributed by atoms with Crippen LogP contribution in [0, 0.1) is 0 Å². The van der Waals surface area contributed by atoms with Gasteiger partial charge in [-0.3, -0.25) is 0 Å². The van der Waals surface area contributed by atoms with E-state index in [9.17, 15) is 0 Å². The van der Waals surface area contributed by atoms with E-state index in [1.165, 1.54) is 0 Å². The van der Waals surface area contributed by atoms with E-state index >= 15 is 0 Å². The molecule has 6 nitrogen and oxygen atoms in total. The van der Waals surface area contributed by atoms with E-state index in [-0.39, 0.29) is 12.6 Å². The molecular weight excluding hydrogens is 363 g/mol. The standard InChI is InChI=1S/C17H18Cl2N4O2/c1-2-24-16-8-11(9-22-23-17(20)21)6-7-15(16)25-10-12-13(18)4-3-5-14(12)19/h3-9H,2,10H2,1H3,(H4,20,21,23)/p+1/b22-9+. The second kappa shape index (κ2) is 9.15. The van der Waals surface area contributed by atoms with E-state index in [1.807, 2.05) is 19.1 Å². The summed E-state index contributed by atoms with van der Waals surface area (Å²) in [5, 5.41) is 7.43. The number of guanidine groups is 1. The molecule has 0 unspecified atom stereocenters. The van der Waals surface area contributed by atoms with Gasteiger partial charge in [-0.15, -0.1) is 5.10 Å². The molecule has 0 aliphatic carbocycles. The first-order valence-electron chi connectivity index (χ1n) is 7.51. The van der Waals surface area contributed by atoms with Crippen molar-refractivity contribution >= 4 is 35.4 Å². The first-order valence-corrected chi connectivity index (χ1v) is 8.26. The molecule has 0 aliphatic rings. The minimum Gasteiger partial charge on any atom is -0.490 e. The van der Waals surface area contributed by atoms with Gasteiger partial charge in [0.25, 0.3) is 5.96 Å². The zero-order chi connectivity index (χ0) is 18.2. The lowest BCUT2D eigenvalue weighted by Gasteiger charge is -2.13. The molecule has 132 valence electrons. The first-order chi connectivity index (χ1) is 12.0. The highest BCUT2D eigenvalue weighted by Gasteiger charge is 2.10. The SMILES string of the molecule is CCOc1cc(/C=[NH+]/N=C(N)N)ccc1OCc1c(Cl)cccc1Cl. The van der Waals surface area contributed by atoms with Crippen LogP contribution in [0.15, 0.2) is 41.5 Å². The van der Waals surface area contributed by atoms with Crippen molar-refractivity contribution in [2.45, 2.75) is 13.5 Å². The Morgan fingerprint density at radius 2 is 1.84 bits per heavy atom. The van der Waals surface area contributed by atoms with Gasteiger partial charge >= 0.3 is 0 Å². The normalized spacial score (nSPS) is 10.7. The summed E-state index contributed by atoms with van der Waals surface area (Å²) in [7, 11) is 0. The third kappa shape index (κ3) is 5.55. The summed E-state index contributed by atoms with van der Waals surface area (Å²) in [6.45, 7) is 2.62. The third-order valence-corrected chi connectivity index (χ3v) is 3.83. The van der Waals surface area contributed by atoms with E-state index in [2.05, 4.69) is 10.2 Å². The zero-order valence-electron chi connectivity index (χ0n) is 13.6. The average molecular weight is 382 g/mol. The summed E-state index contributed by atoms with van der Waals surface area (Å²) in [4.78, 5) is 0. The van der Waals surface area contributed by atoms with Crippen molar-refractivity contribution in [3.8, 4) is 11.5 Å². The lowest BCUT2D eigenvalue weighted by molar-refractivity contribution is -0.456. The molecule has 0 aromatic heterocycles. The Balaban J connectivity index is 2.19. The van der Waals surface area contributed by atoms with Crippen LogP contribution in [0.4, 0.5) is 0 Å². The third-order valence-electron chi connectivity index (χ3n) is 3.13. The van der Waals surface area contributed by atoms with E-state index in [0.29, 0.717) is 28.2 Å². The molecule has 5 N–H and O–H groups in total. The molecule has 0 atom stereocenters. The summed E-state index contributed by atoms with van der Waals surface area (Å²) in [6.07, 6.45) is 1.64. The quantitative estimate of drug-likeness (QED) is 0.386. The summed E-state index contributed by atoms with van der Waals surface area (Å²) >= 11 is 12.3. The van der Waals surface area contributed by atoms with Crippen LogP contribution in [0.3, 0.4) is 0 Å². The van der Waals surface area contributed by atoms with Crippen LogP contribution < -0.4 is 26.0 Å². The Morgan fingerprint density at radius 3 is 2.48 bits per heavy atom. The average Bonchev–Trinajstić information content (AvgIpc) is 2.56. The minimum atomic E-state index is -0.0575. The van der Waals surface area contributed by atoms with Crippen LogP contribution in [0.1, 0.15) is 18.1 Å². The van der Waals surface area contributed by atoms with Gasteiger partial charge in [0, 0.05) is 26.3 Å². The Kier molecular flexibility index (Phi) is 6.91. The van der Waals surface area contributed by atoms with Gasteiger partial charge in [-0.05, 0) is 37.3 Å². The maximum Gasteiger partial charge on any atom is 0.256 e. The fraction of sp³-hybridized carbons (Fsp3) is 0.176. The molecule has 0 saturated carbocycles. The van der Waals surface area contributed by atoms with Gasteiger partial charge in [0.05, 0.1) is 6.61 Å². The number of benzene rings is 2. The molecule has 0 fully saturated rings. The highest BCUT2D eigenvalue weighted by molar-refractivity contribution is 6.35. The number of rotatable bonds is 7. The maximum atomic E-state index is 6.16. The van der Waals surface area contributed by atoms with E-state index < -0.39 is 0 Å². The maximum absolute atomic E-state index is 6.16. The Morgan fingerprint density at radius 1 is 1.12 bits per heavy atom. The highest BCUT2D eigenvalue weighted by atomic mass is 35.5. The van der Waals surface area contributed by atoms with Crippen molar-refractivity contribution in [2.75, 3.05) is 6.61 Å². The van der Waals surface area contributed by atoms with Gasteiger partial charge in [0.15, 0.2) is 11.5 Å². The second-order valence-corrected chi connectivity index (χ2v) is 5.75. The molecule has 0 saturated heterocycles. The molecule has 0 spiro atoms. The predicted molar refractivity (Wildman–Crippen MR) is 100 cm³/mol. The summed E-state index contributed by atoms with van der Waals surface area (Å²) in [6, 6.07) is 10.8. The molecule has 0 bridgehead atoms. The van der Waals surface area contributed by atoms with E-state index in [0.717, 1.165) is 11.1 Å². The lowest BCUT2D eigenvalue weighted by Crippen LogP contribution is -2.63. The van der Waals surface area contributed by atoms with Crippen LogP contribution in [-0.2, 0) is 6.61 Å². The number of nitrogens with one attached hydrogen (secondary N) is 1. The van der Waals surface area contributed by atoms with Crippen molar-refractivity contribution < 1.29 is 14.6 Å². The predicted octanol–water partition coefficient (Wildman–Crippen LogP) is 1.66. The van der Waals surface area contributed by atoms with Crippen molar-refractivity contribution in [1.82, 2.24) is 0 Å². The highest BCUT2D eigenvalue weighted by Crippen LogP contribution is 2.31. The van der Waals surface area contributed by atoms with Crippen LogP contribution in [-0.4, -0.2) is 18.8 Å². The number of hydrazone groups is 1. The fourth-order valence-corrected chi connectivity index (χ4v) is 2.51. The van der Waals surface area contributed by atoms with Crippen LogP contribution in [0.5, 0.6) is 11.5 Å². The van der Waals surface area contributed by atoms with Crippen LogP contribution in [0.25, 0.3) is 0 Å². The van der Waals surface area contributed by atoms with Crippen molar-refractivity contribution in [3.63, 3.8) is 0 Å². The van der Waals surface area contributed by atoms with Crippen molar-refractivity contribution in [2.24, 2.45) is 16.6 Å². The Bertz CT molecular complexity index is 770. The molecule has 0 amide bonds. The molecule has 8 heteroatoms. The summed E-state index contributed by atoms with van der Waals surface area (Å²) < 4.78 is 11.5. The van der Waals surface area contributed by atoms with Gasteiger partial charge in [-0.25, -0.2) is 0 Å². The lowest BCUT2D eigenvalue weighted by atomic mass is 10.2. The number of nitrogens with zero attached hydrogens (tertiary/aromatic N) is 1. The number of ether oxygens (including phenoxy) is 2. The van der Waals surface area contributed by atoms with Gasteiger partial charge in [0.1, 0.15) is 6.61 Å². The molecular formula is C17H19Cl2N4O2+. The smallest absolute Gasteiger partial charge is 0.256 e. The van der Waals surface area contributed by atoms with Crippen LogP contribution in [0.2, 0.25) is 10.0 Å².